The number of carbonyl (C=O) groups is 2. The molecule has 0 aliphatic carbocycles. The molecule has 0 heterocycles. The van der Waals surface area contributed by atoms with Gasteiger partial charge in [-0.25, -0.2) is 4.79 Å². The van der Waals surface area contributed by atoms with Crippen LogP contribution in [0.2, 0.25) is 0 Å². The molecule has 4 nitrogen and oxygen atoms in total. The minimum absolute atomic E-state index is 0.0579. The van der Waals surface area contributed by atoms with E-state index >= 15 is 0 Å². The van der Waals surface area contributed by atoms with E-state index in [1.54, 1.807) is 0 Å². The molecule has 0 fully saturated rings. The van der Waals surface area contributed by atoms with Crippen LogP contribution >= 0.6 is 0 Å². The van der Waals surface area contributed by atoms with Crippen LogP contribution in [0.1, 0.15) is 6.92 Å². The van der Waals surface area contributed by atoms with Crippen LogP contribution < -0.4 is 0 Å². The molecule has 0 radical (unpaired) electrons. The second-order valence-electron chi connectivity index (χ2n) is 1.60. The van der Waals surface area contributed by atoms with Gasteiger partial charge >= 0.3 is 5.97 Å². The molecule has 52 valence electrons. The molecule has 0 saturated heterocycles. The topological polar surface area (TPSA) is 63.6 Å². The van der Waals surface area contributed by atoms with Crippen LogP contribution in [-0.2, 0) is 14.3 Å². The first kappa shape index (κ1) is 8.10. The molecule has 0 bridgehead atoms. The smallest absolute Gasteiger partial charge is 0.371 e. The van der Waals surface area contributed by atoms with Gasteiger partial charge in [-0.05, 0) is 6.92 Å². The molecule has 9 heavy (non-hydrogen) atoms. The van der Waals surface area contributed by atoms with Gasteiger partial charge in [0.05, 0.1) is 6.10 Å². The van der Waals surface area contributed by atoms with E-state index in [0.717, 1.165) is 0 Å². The minimum Gasteiger partial charge on any atom is -0.457 e. The van der Waals surface area contributed by atoms with Gasteiger partial charge < -0.3 is 9.84 Å². The summed E-state index contributed by atoms with van der Waals surface area (Å²) in [7, 11) is 0. The second kappa shape index (κ2) is 4.03. The largest absolute Gasteiger partial charge is 0.457 e. The number of esters is 1. The number of hydrogen-bond acceptors (Lipinski definition) is 4. The highest BCUT2D eigenvalue weighted by Gasteiger charge is 2.00. The van der Waals surface area contributed by atoms with Gasteiger partial charge in [-0.1, -0.05) is 0 Å². The molecule has 0 aromatic rings. The van der Waals surface area contributed by atoms with Gasteiger partial charge in [-0.15, -0.1) is 0 Å². The molecule has 0 spiro atoms. The summed E-state index contributed by atoms with van der Waals surface area (Å²) < 4.78 is 4.20. The van der Waals surface area contributed by atoms with Crippen molar-refractivity contribution in [3.8, 4) is 0 Å². The van der Waals surface area contributed by atoms with E-state index in [1.807, 2.05) is 0 Å². The third kappa shape index (κ3) is 4.96. The minimum atomic E-state index is -0.948. The average Bonchev–Trinajstić information content (AvgIpc) is 1.83. The molecule has 0 saturated carbocycles. The van der Waals surface area contributed by atoms with Crippen molar-refractivity contribution in [1.29, 1.82) is 0 Å². The van der Waals surface area contributed by atoms with Crippen molar-refractivity contribution >= 4 is 12.3 Å². The van der Waals surface area contributed by atoms with Crippen LogP contribution in [0, 0.1) is 0 Å². The molecule has 1 N–H and O–H groups in total. The lowest BCUT2D eigenvalue weighted by Gasteiger charge is -2.01. The summed E-state index contributed by atoms with van der Waals surface area (Å²) >= 11 is 0. The summed E-state index contributed by atoms with van der Waals surface area (Å²) in [6, 6.07) is 0. The number of carbonyl (C=O) groups excluding carboxylic acids is 2. The van der Waals surface area contributed by atoms with Crippen molar-refractivity contribution < 1.29 is 19.4 Å². The molecule has 0 aromatic heterocycles. The Kier molecular flexibility index (Phi) is 3.62. The molecule has 1 atom stereocenters. The van der Waals surface area contributed by atoms with Crippen molar-refractivity contribution in [2.24, 2.45) is 0 Å². The van der Waals surface area contributed by atoms with Crippen LogP contribution in [-0.4, -0.2) is 30.1 Å². The SMILES string of the molecule is CC(O)COC(=O)C=O. The predicted molar refractivity (Wildman–Crippen MR) is 28.7 cm³/mol. The van der Waals surface area contributed by atoms with Crippen LogP contribution in [0.4, 0.5) is 0 Å². The van der Waals surface area contributed by atoms with Crippen LogP contribution in [0.3, 0.4) is 0 Å². The van der Waals surface area contributed by atoms with Gasteiger partial charge in [0.2, 0.25) is 6.29 Å². The Balaban J connectivity index is 3.27. The zero-order chi connectivity index (χ0) is 7.28. The van der Waals surface area contributed by atoms with E-state index in [0.29, 0.717) is 0 Å². The van der Waals surface area contributed by atoms with Crippen LogP contribution in [0.5, 0.6) is 0 Å². The molecular formula is C5H8O4. The number of aldehydes is 1. The zero-order valence-electron chi connectivity index (χ0n) is 5.03. The third-order valence-electron chi connectivity index (χ3n) is 0.563. The van der Waals surface area contributed by atoms with Gasteiger partial charge in [0.15, 0.2) is 0 Å². The summed E-state index contributed by atoms with van der Waals surface area (Å²) in [6.45, 7) is 1.33. The van der Waals surface area contributed by atoms with Crippen molar-refractivity contribution in [1.82, 2.24) is 0 Å². The Labute approximate surface area is 52.4 Å². The maximum Gasteiger partial charge on any atom is 0.371 e. The predicted octanol–water partition coefficient (Wildman–Crippen LogP) is -0.891. The summed E-state index contributed by atoms with van der Waals surface area (Å²) in [5, 5.41) is 8.50. The maximum absolute atomic E-state index is 10.0. The first-order chi connectivity index (χ1) is 4.16. The fourth-order valence-electron chi connectivity index (χ4n) is 0.237. The van der Waals surface area contributed by atoms with E-state index in [-0.39, 0.29) is 12.9 Å². The average molecular weight is 132 g/mol. The molecule has 0 aliphatic heterocycles. The number of aliphatic hydroxyl groups is 1. The second-order valence-corrected chi connectivity index (χ2v) is 1.60. The van der Waals surface area contributed by atoms with Crippen molar-refractivity contribution in [2.75, 3.05) is 6.61 Å². The van der Waals surface area contributed by atoms with Gasteiger partial charge in [0.1, 0.15) is 6.61 Å². The Bertz CT molecular complexity index is 108. The van der Waals surface area contributed by atoms with E-state index in [2.05, 4.69) is 4.74 Å². The number of aliphatic hydroxyl groups excluding tert-OH is 1. The quantitative estimate of drug-likeness (QED) is 0.307. The van der Waals surface area contributed by atoms with Gasteiger partial charge in [0, 0.05) is 0 Å². The Morgan fingerprint density at radius 3 is 2.78 bits per heavy atom. The monoisotopic (exact) mass is 132 g/mol. The third-order valence-corrected chi connectivity index (χ3v) is 0.563. The van der Waals surface area contributed by atoms with E-state index < -0.39 is 12.1 Å². The highest BCUT2D eigenvalue weighted by Crippen LogP contribution is 1.81. The molecule has 0 aliphatic rings. The summed E-state index contributed by atoms with van der Waals surface area (Å²) in [5.74, 6) is -0.948. The molecule has 1 unspecified atom stereocenters. The standard InChI is InChI=1S/C5H8O4/c1-4(7)3-9-5(8)2-6/h2,4,7H,3H2,1H3. The number of hydrogen-bond donors (Lipinski definition) is 1. The highest BCUT2D eigenvalue weighted by atomic mass is 16.5. The first-order valence-corrected chi connectivity index (χ1v) is 2.47. The summed E-state index contributed by atoms with van der Waals surface area (Å²) in [5.41, 5.74) is 0. The zero-order valence-corrected chi connectivity index (χ0v) is 5.03. The normalized spacial score (nSPS) is 12.2. The summed E-state index contributed by atoms with van der Waals surface area (Å²) in [4.78, 5) is 19.6. The molecule has 0 amide bonds. The molecule has 0 aromatic carbocycles. The lowest BCUT2D eigenvalue weighted by atomic mass is 10.4. The van der Waals surface area contributed by atoms with E-state index in [9.17, 15) is 9.59 Å². The number of ether oxygens (including phenoxy) is 1. The first-order valence-electron chi connectivity index (χ1n) is 2.47. The van der Waals surface area contributed by atoms with Crippen molar-refractivity contribution in [3.63, 3.8) is 0 Å². The fraction of sp³-hybridized carbons (Fsp3) is 0.600. The summed E-state index contributed by atoms with van der Waals surface area (Å²) in [6.07, 6.45) is -0.656. The van der Waals surface area contributed by atoms with Gasteiger partial charge in [-0.3, -0.25) is 4.79 Å². The Hall–Kier alpha value is -0.900. The van der Waals surface area contributed by atoms with Crippen LogP contribution in [0.25, 0.3) is 0 Å². The Morgan fingerprint density at radius 2 is 2.44 bits per heavy atom. The Morgan fingerprint density at radius 1 is 1.89 bits per heavy atom. The lowest BCUT2D eigenvalue weighted by molar-refractivity contribution is -0.150. The molecular weight excluding hydrogens is 124 g/mol. The van der Waals surface area contributed by atoms with Gasteiger partial charge in [-0.2, -0.15) is 0 Å². The molecule has 4 heteroatoms. The van der Waals surface area contributed by atoms with E-state index in [4.69, 9.17) is 5.11 Å². The van der Waals surface area contributed by atoms with Crippen LogP contribution in [0.15, 0.2) is 0 Å². The van der Waals surface area contributed by atoms with Gasteiger partial charge in [0.25, 0.3) is 0 Å². The van der Waals surface area contributed by atoms with Crippen molar-refractivity contribution in [3.05, 3.63) is 0 Å². The highest BCUT2D eigenvalue weighted by molar-refractivity contribution is 6.20. The van der Waals surface area contributed by atoms with E-state index in [1.165, 1.54) is 6.92 Å². The maximum atomic E-state index is 10.0. The fourth-order valence-corrected chi connectivity index (χ4v) is 0.237. The molecule has 0 rings (SSSR count). The van der Waals surface area contributed by atoms with Crippen molar-refractivity contribution in [2.45, 2.75) is 13.0 Å². The number of rotatable bonds is 3. The lowest BCUT2D eigenvalue weighted by Crippen LogP contribution is -2.15.